The number of thiophene rings is 1. The number of hydrogen-bond acceptors (Lipinski definition) is 4. The van der Waals surface area contributed by atoms with E-state index in [1.54, 1.807) is 11.4 Å². The van der Waals surface area contributed by atoms with Gasteiger partial charge in [0.25, 0.3) is 5.91 Å². The van der Waals surface area contributed by atoms with Crippen LogP contribution in [0.2, 0.25) is 0 Å². The van der Waals surface area contributed by atoms with Gasteiger partial charge in [-0.1, -0.05) is 0 Å². The summed E-state index contributed by atoms with van der Waals surface area (Å²) in [6, 6.07) is 2.80. The van der Waals surface area contributed by atoms with Crippen LogP contribution in [-0.2, 0) is 0 Å². The standard InChI is InChI=1S/C10H8FN3OS/c11-6-3-8(9(12)13-4-6)10(15)14-7-1-2-16-5-7/h1-5H,(H2,12,13)(H,14,15). The summed E-state index contributed by atoms with van der Waals surface area (Å²) >= 11 is 1.45. The number of anilines is 2. The van der Waals surface area contributed by atoms with E-state index in [-0.39, 0.29) is 11.4 Å². The molecule has 16 heavy (non-hydrogen) atoms. The third kappa shape index (κ3) is 2.17. The highest BCUT2D eigenvalue weighted by molar-refractivity contribution is 7.08. The zero-order chi connectivity index (χ0) is 11.5. The first-order valence-corrected chi connectivity index (χ1v) is 5.35. The minimum Gasteiger partial charge on any atom is -0.383 e. The Morgan fingerprint density at radius 2 is 2.38 bits per heavy atom. The number of amides is 1. The number of aromatic nitrogens is 1. The van der Waals surface area contributed by atoms with Crippen LogP contribution in [0.25, 0.3) is 0 Å². The van der Waals surface area contributed by atoms with Crippen molar-refractivity contribution >= 4 is 28.7 Å². The van der Waals surface area contributed by atoms with Gasteiger partial charge in [0.15, 0.2) is 0 Å². The summed E-state index contributed by atoms with van der Waals surface area (Å²) < 4.78 is 12.9. The molecule has 0 saturated carbocycles. The first-order valence-electron chi connectivity index (χ1n) is 4.41. The van der Waals surface area contributed by atoms with Crippen molar-refractivity contribution in [2.24, 2.45) is 0 Å². The molecule has 4 nitrogen and oxygen atoms in total. The number of nitrogens with one attached hydrogen (secondary N) is 1. The molecule has 0 atom stereocenters. The van der Waals surface area contributed by atoms with Gasteiger partial charge in [0, 0.05) is 5.38 Å². The fraction of sp³-hybridized carbons (Fsp3) is 0. The van der Waals surface area contributed by atoms with Crippen molar-refractivity contribution in [1.82, 2.24) is 4.98 Å². The molecule has 0 radical (unpaired) electrons. The van der Waals surface area contributed by atoms with Crippen LogP contribution in [0.4, 0.5) is 15.9 Å². The van der Waals surface area contributed by atoms with E-state index in [0.717, 1.165) is 12.3 Å². The van der Waals surface area contributed by atoms with Crippen LogP contribution >= 0.6 is 11.3 Å². The van der Waals surface area contributed by atoms with Crippen molar-refractivity contribution in [2.45, 2.75) is 0 Å². The Kier molecular flexibility index (Phi) is 2.82. The lowest BCUT2D eigenvalue weighted by Gasteiger charge is -2.04. The van der Waals surface area contributed by atoms with Gasteiger partial charge >= 0.3 is 0 Å². The molecule has 2 rings (SSSR count). The first kappa shape index (κ1) is 10.6. The monoisotopic (exact) mass is 237 g/mol. The van der Waals surface area contributed by atoms with E-state index >= 15 is 0 Å². The van der Waals surface area contributed by atoms with Crippen LogP contribution in [0.15, 0.2) is 29.1 Å². The van der Waals surface area contributed by atoms with Crippen molar-refractivity contribution in [1.29, 1.82) is 0 Å². The quantitative estimate of drug-likeness (QED) is 0.840. The molecule has 0 aliphatic rings. The van der Waals surface area contributed by atoms with Crippen molar-refractivity contribution < 1.29 is 9.18 Å². The summed E-state index contributed by atoms with van der Waals surface area (Å²) in [7, 11) is 0. The summed E-state index contributed by atoms with van der Waals surface area (Å²) in [4.78, 5) is 15.3. The predicted molar refractivity (Wildman–Crippen MR) is 60.9 cm³/mol. The van der Waals surface area contributed by atoms with E-state index in [2.05, 4.69) is 10.3 Å². The molecule has 0 bridgehead atoms. The molecule has 0 fully saturated rings. The van der Waals surface area contributed by atoms with E-state index < -0.39 is 11.7 Å². The Bertz CT molecular complexity index is 513. The van der Waals surface area contributed by atoms with E-state index in [0.29, 0.717) is 5.69 Å². The molecule has 0 unspecified atom stereocenters. The Balaban J connectivity index is 2.24. The summed E-state index contributed by atoms with van der Waals surface area (Å²) in [6.07, 6.45) is 0.969. The van der Waals surface area contributed by atoms with Crippen molar-refractivity contribution in [3.8, 4) is 0 Å². The van der Waals surface area contributed by atoms with Crippen LogP contribution in [0.3, 0.4) is 0 Å². The van der Waals surface area contributed by atoms with Crippen LogP contribution in [0, 0.1) is 5.82 Å². The highest BCUT2D eigenvalue weighted by Gasteiger charge is 2.12. The Labute approximate surface area is 94.9 Å². The van der Waals surface area contributed by atoms with Crippen LogP contribution < -0.4 is 11.1 Å². The Hall–Kier alpha value is -1.95. The van der Waals surface area contributed by atoms with Crippen LogP contribution in [0.5, 0.6) is 0 Å². The molecule has 6 heteroatoms. The summed E-state index contributed by atoms with van der Waals surface area (Å²) in [5, 5.41) is 6.18. The Morgan fingerprint density at radius 3 is 3.06 bits per heavy atom. The van der Waals surface area contributed by atoms with Gasteiger partial charge in [0.05, 0.1) is 17.4 Å². The second-order valence-corrected chi connectivity index (χ2v) is 3.83. The van der Waals surface area contributed by atoms with Gasteiger partial charge in [-0.2, -0.15) is 11.3 Å². The number of carbonyl (C=O) groups excluding carboxylic acids is 1. The normalized spacial score (nSPS) is 10.1. The first-order chi connectivity index (χ1) is 7.66. The maximum absolute atomic E-state index is 12.9. The summed E-state index contributed by atoms with van der Waals surface area (Å²) in [6.45, 7) is 0. The van der Waals surface area contributed by atoms with Crippen molar-refractivity contribution in [3.63, 3.8) is 0 Å². The van der Waals surface area contributed by atoms with Gasteiger partial charge in [-0.05, 0) is 17.5 Å². The fourth-order valence-electron chi connectivity index (χ4n) is 1.17. The molecular weight excluding hydrogens is 229 g/mol. The number of pyridine rings is 1. The molecule has 0 aromatic carbocycles. The van der Waals surface area contributed by atoms with E-state index in [1.807, 2.05) is 5.38 Å². The molecule has 0 aliphatic heterocycles. The van der Waals surface area contributed by atoms with Crippen LogP contribution in [0.1, 0.15) is 10.4 Å². The summed E-state index contributed by atoms with van der Waals surface area (Å²) in [5.74, 6) is -1.05. The van der Waals surface area contributed by atoms with E-state index in [1.165, 1.54) is 11.3 Å². The largest absolute Gasteiger partial charge is 0.383 e. The molecule has 3 N–H and O–H groups in total. The molecule has 82 valence electrons. The van der Waals surface area contributed by atoms with Gasteiger partial charge < -0.3 is 11.1 Å². The third-order valence-electron chi connectivity index (χ3n) is 1.91. The molecule has 0 saturated heterocycles. The Morgan fingerprint density at radius 1 is 1.56 bits per heavy atom. The lowest BCUT2D eigenvalue weighted by molar-refractivity contribution is 0.102. The number of nitrogens with two attached hydrogens (primary N) is 1. The number of rotatable bonds is 2. The van der Waals surface area contributed by atoms with E-state index in [9.17, 15) is 9.18 Å². The van der Waals surface area contributed by atoms with Gasteiger partial charge in [-0.3, -0.25) is 4.79 Å². The average molecular weight is 237 g/mol. The van der Waals surface area contributed by atoms with Crippen LogP contribution in [-0.4, -0.2) is 10.9 Å². The summed E-state index contributed by atoms with van der Waals surface area (Å²) in [5.41, 5.74) is 6.17. The van der Waals surface area contributed by atoms with Gasteiger partial charge in [-0.25, -0.2) is 9.37 Å². The van der Waals surface area contributed by atoms with Crippen molar-refractivity contribution in [2.75, 3.05) is 11.1 Å². The molecular formula is C10H8FN3OS. The van der Waals surface area contributed by atoms with Gasteiger partial charge in [-0.15, -0.1) is 0 Å². The lowest BCUT2D eigenvalue weighted by Crippen LogP contribution is -2.14. The molecule has 0 spiro atoms. The smallest absolute Gasteiger partial charge is 0.259 e. The second kappa shape index (κ2) is 4.28. The minimum atomic E-state index is -0.593. The number of halogens is 1. The number of nitrogens with zero attached hydrogens (tertiary/aromatic N) is 1. The fourth-order valence-corrected chi connectivity index (χ4v) is 1.75. The second-order valence-electron chi connectivity index (χ2n) is 3.05. The topological polar surface area (TPSA) is 68.0 Å². The highest BCUT2D eigenvalue weighted by atomic mass is 32.1. The van der Waals surface area contributed by atoms with Gasteiger partial charge in [0.1, 0.15) is 11.6 Å². The SMILES string of the molecule is Nc1ncc(F)cc1C(=O)Nc1ccsc1. The third-order valence-corrected chi connectivity index (χ3v) is 2.59. The van der Waals surface area contributed by atoms with E-state index in [4.69, 9.17) is 5.73 Å². The number of nitrogen functional groups attached to an aromatic ring is 1. The molecule has 1 amide bonds. The molecule has 2 aromatic rings. The maximum Gasteiger partial charge on any atom is 0.259 e. The predicted octanol–water partition coefficient (Wildman–Crippen LogP) is 2.12. The molecule has 2 aromatic heterocycles. The molecule has 0 aliphatic carbocycles. The minimum absolute atomic E-state index is 0.00845. The zero-order valence-corrected chi connectivity index (χ0v) is 8.92. The number of hydrogen-bond donors (Lipinski definition) is 2. The maximum atomic E-state index is 12.9. The lowest BCUT2D eigenvalue weighted by atomic mass is 10.2. The van der Waals surface area contributed by atoms with Crippen molar-refractivity contribution in [3.05, 3.63) is 40.5 Å². The number of carbonyl (C=O) groups is 1. The highest BCUT2D eigenvalue weighted by Crippen LogP contribution is 2.16. The average Bonchev–Trinajstić information content (AvgIpc) is 2.74. The zero-order valence-electron chi connectivity index (χ0n) is 8.11. The molecule has 2 heterocycles. The van der Waals surface area contributed by atoms with Gasteiger partial charge in [0.2, 0.25) is 0 Å².